The molecule has 2 aromatic carbocycles. The van der Waals surface area contributed by atoms with Gasteiger partial charge >= 0.3 is 0 Å². The van der Waals surface area contributed by atoms with Crippen molar-refractivity contribution in [2.75, 3.05) is 11.9 Å². The van der Waals surface area contributed by atoms with E-state index in [2.05, 4.69) is 5.32 Å². The number of para-hydroxylation sites is 1. The lowest BCUT2D eigenvalue weighted by atomic mass is 10.1. The van der Waals surface area contributed by atoms with E-state index in [1.807, 2.05) is 56.3 Å². The molecule has 0 aliphatic carbocycles. The first-order valence-electron chi connectivity index (χ1n) is 7.38. The van der Waals surface area contributed by atoms with E-state index < -0.39 is 0 Å². The lowest BCUT2D eigenvalue weighted by Crippen LogP contribution is -2.15. The average Bonchev–Trinajstić information content (AvgIpc) is 2.51. The molecule has 0 spiro atoms. The first-order chi connectivity index (χ1) is 10.6. The summed E-state index contributed by atoms with van der Waals surface area (Å²) in [6.07, 6.45) is 0.312. The van der Waals surface area contributed by atoms with Crippen LogP contribution in [0.3, 0.4) is 0 Å². The number of ether oxygens (including phenoxy) is 1. The zero-order valence-electron chi connectivity index (χ0n) is 13.1. The molecule has 116 valence electrons. The third kappa shape index (κ3) is 4.33. The SMILES string of the molecule is Cc1cccc(C)c1OCCC(=O)Nc1ccc(CN)cc1. The number of nitrogens with two attached hydrogens (primary N) is 1. The number of rotatable bonds is 6. The summed E-state index contributed by atoms with van der Waals surface area (Å²) in [4.78, 5) is 11.9. The number of anilines is 1. The second-order valence-corrected chi connectivity index (χ2v) is 5.27. The van der Waals surface area contributed by atoms with E-state index in [0.717, 1.165) is 28.1 Å². The Balaban J connectivity index is 1.82. The third-order valence-corrected chi connectivity index (χ3v) is 3.46. The Morgan fingerprint density at radius 3 is 2.32 bits per heavy atom. The summed E-state index contributed by atoms with van der Waals surface area (Å²) >= 11 is 0. The molecule has 0 aliphatic rings. The van der Waals surface area contributed by atoms with Gasteiger partial charge in [-0.3, -0.25) is 4.79 Å². The van der Waals surface area contributed by atoms with Crippen molar-refractivity contribution in [1.82, 2.24) is 0 Å². The minimum absolute atomic E-state index is 0.0632. The van der Waals surface area contributed by atoms with Crippen molar-refractivity contribution in [2.45, 2.75) is 26.8 Å². The molecular formula is C18H22N2O2. The highest BCUT2D eigenvalue weighted by molar-refractivity contribution is 5.90. The highest BCUT2D eigenvalue weighted by Gasteiger charge is 2.06. The van der Waals surface area contributed by atoms with E-state index in [1.165, 1.54) is 0 Å². The quantitative estimate of drug-likeness (QED) is 0.861. The van der Waals surface area contributed by atoms with Crippen molar-refractivity contribution < 1.29 is 9.53 Å². The Labute approximate surface area is 131 Å². The molecule has 0 heterocycles. The van der Waals surface area contributed by atoms with E-state index in [1.54, 1.807) is 0 Å². The fourth-order valence-corrected chi connectivity index (χ4v) is 2.22. The zero-order chi connectivity index (χ0) is 15.9. The molecule has 1 amide bonds. The van der Waals surface area contributed by atoms with Gasteiger partial charge in [0.25, 0.3) is 0 Å². The molecule has 2 aromatic rings. The zero-order valence-corrected chi connectivity index (χ0v) is 13.1. The van der Waals surface area contributed by atoms with Gasteiger partial charge in [-0.2, -0.15) is 0 Å². The summed E-state index contributed by atoms with van der Waals surface area (Å²) in [5.41, 5.74) is 9.52. The van der Waals surface area contributed by atoms with Gasteiger partial charge in [0.15, 0.2) is 0 Å². The van der Waals surface area contributed by atoms with Crippen molar-refractivity contribution in [1.29, 1.82) is 0 Å². The first kappa shape index (κ1) is 16.0. The number of carbonyl (C=O) groups is 1. The minimum atomic E-state index is -0.0632. The highest BCUT2D eigenvalue weighted by Crippen LogP contribution is 2.22. The smallest absolute Gasteiger partial charge is 0.227 e. The van der Waals surface area contributed by atoms with Gasteiger partial charge < -0.3 is 15.8 Å². The van der Waals surface area contributed by atoms with Crippen LogP contribution < -0.4 is 15.8 Å². The van der Waals surface area contributed by atoms with Crippen LogP contribution in [0.1, 0.15) is 23.1 Å². The molecule has 2 rings (SSSR count). The van der Waals surface area contributed by atoms with Crippen LogP contribution in [-0.4, -0.2) is 12.5 Å². The van der Waals surface area contributed by atoms with Crippen molar-refractivity contribution >= 4 is 11.6 Å². The van der Waals surface area contributed by atoms with Gasteiger partial charge in [-0.15, -0.1) is 0 Å². The molecule has 0 bridgehead atoms. The molecule has 0 saturated heterocycles. The lowest BCUT2D eigenvalue weighted by Gasteiger charge is -2.12. The summed E-state index contributed by atoms with van der Waals surface area (Å²) in [5, 5.41) is 2.85. The van der Waals surface area contributed by atoms with Gasteiger partial charge in [-0.25, -0.2) is 0 Å². The molecule has 0 atom stereocenters. The van der Waals surface area contributed by atoms with Gasteiger partial charge in [0.1, 0.15) is 5.75 Å². The van der Waals surface area contributed by atoms with Crippen LogP contribution in [-0.2, 0) is 11.3 Å². The number of aryl methyl sites for hydroxylation is 2. The van der Waals surface area contributed by atoms with Crippen molar-refractivity contribution in [3.63, 3.8) is 0 Å². The van der Waals surface area contributed by atoms with Crippen LogP contribution in [0.15, 0.2) is 42.5 Å². The summed E-state index contributed by atoms with van der Waals surface area (Å²) in [6.45, 7) is 4.86. The summed E-state index contributed by atoms with van der Waals surface area (Å²) in [7, 11) is 0. The molecule has 0 saturated carbocycles. The van der Waals surface area contributed by atoms with Gasteiger partial charge in [-0.1, -0.05) is 30.3 Å². The second-order valence-electron chi connectivity index (χ2n) is 5.27. The molecule has 22 heavy (non-hydrogen) atoms. The molecule has 0 aromatic heterocycles. The maximum Gasteiger partial charge on any atom is 0.227 e. The van der Waals surface area contributed by atoms with Crippen LogP contribution in [0.5, 0.6) is 5.75 Å². The van der Waals surface area contributed by atoms with Crippen LogP contribution in [0.4, 0.5) is 5.69 Å². The predicted octanol–water partition coefficient (Wildman–Crippen LogP) is 3.17. The molecule has 3 N–H and O–H groups in total. The number of nitrogens with one attached hydrogen (secondary N) is 1. The maximum atomic E-state index is 11.9. The van der Waals surface area contributed by atoms with E-state index in [-0.39, 0.29) is 5.91 Å². The Hall–Kier alpha value is -2.33. The average molecular weight is 298 g/mol. The lowest BCUT2D eigenvalue weighted by molar-refractivity contribution is -0.116. The van der Waals surface area contributed by atoms with Crippen molar-refractivity contribution in [3.05, 3.63) is 59.2 Å². The van der Waals surface area contributed by atoms with Crippen LogP contribution in [0.25, 0.3) is 0 Å². The Morgan fingerprint density at radius 1 is 1.09 bits per heavy atom. The summed E-state index contributed by atoms with van der Waals surface area (Å²) < 4.78 is 5.74. The monoisotopic (exact) mass is 298 g/mol. The fraction of sp³-hybridized carbons (Fsp3) is 0.278. The van der Waals surface area contributed by atoms with E-state index in [0.29, 0.717) is 19.6 Å². The van der Waals surface area contributed by atoms with Gasteiger partial charge in [0.2, 0.25) is 5.91 Å². The maximum absolute atomic E-state index is 11.9. The second kappa shape index (κ2) is 7.61. The number of benzene rings is 2. The standard InChI is InChI=1S/C18H22N2O2/c1-13-4-3-5-14(2)18(13)22-11-10-17(21)20-16-8-6-15(12-19)7-9-16/h3-9H,10-12,19H2,1-2H3,(H,20,21). The van der Waals surface area contributed by atoms with Crippen LogP contribution in [0, 0.1) is 13.8 Å². The van der Waals surface area contributed by atoms with Crippen molar-refractivity contribution in [2.24, 2.45) is 5.73 Å². The fourth-order valence-electron chi connectivity index (χ4n) is 2.22. The molecule has 0 aliphatic heterocycles. The summed E-state index contributed by atoms with van der Waals surface area (Å²) in [6, 6.07) is 13.5. The molecular weight excluding hydrogens is 276 g/mol. The normalized spacial score (nSPS) is 10.3. The molecule has 4 nitrogen and oxygen atoms in total. The number of amides is 1. The Kier molecular flexibility index (Phi) is 5.55. The number of hydrogen-bond donors (Lipinski definition) is 2. The van der Waals surface area contributed by atoms with Crippen LogP contribution >= 0.6 is 0 Å². The molecule has 0 fully saturated rings. The van der Waals surface area contributed by atoms with E-state index >= 15 is 0 Å². The molecule has 0 unspecified atom stereocenters. The predicted molar refractivity (Wildman–Crippen MR) is 89.0 cm³/mol. The van der Waals surface area contributed by atoms with Gasteiger partial charge in [0, 0.05) is 12.2 Å². The van der Waals surface area contributed by atoms with Crippen LogP contribution in [0.2, 0.25) is 0 Å². The molecule has 4 heteroatoms. The first-order valence-corrected chi connectivity index (χ1v) is 7.38. The Morgan fingerprint density at radius 2 is 1.73 bits per heavy atom. The van der Waals surface area contributed by atoms with E-state index in [4.69, 9.17) is 10.5 Å². The van der Waals surface area contributed by atoms with Gasteiger partial charge in [0.05, 0.1) is 13.0 Å². The van der Waals surface area contributed by atoms with Gasteiger partial charge in [-0.05, 0) is 42.7 Å². The highest BCUT2D eigenvalue weighted by atomic mass is 16.5. The topological polar surface area (TPSA) is 64.3 Å². The minimum Gasteiger partial charge on any atom is -0.493 e. The van der Waals surface area contributed by atoms with E-state index in [9.17, 15) is 4.79 Å². The number of hydrogen-bond acceptors (Lipinski definition) is 3. The largest absolute Gasteiger partial charge is 0.493 e. The summed E-state index contributed by atoms with van der Waals surface area (Å²) in [5.74, 6) is 0.800. The molecule has 0 radical (unpaired) electrons. The third-order valence-electron chi connectivity index (χ3n) is 3.46. The number of carbonyl (C=O) groups excluding carboxylic acids is 1. The van der Waals surface area contributed by atoms with Crippen molar-refractivity contribution in [3.8, 4) is 5.75 Å². The Bertz CT molecular complexity index is 616.